The topological polar surface area (TPSA) is 81.9 Å². The fraction of sp³-hybridized carbons (Fsp3) is 0.263. The maximum atomic E-state index is 12.8. The molecule has 2 heterocycles. The minimum Gasteiger partial charge on any atom is -0.459 e. The predicted octanol–water partition coefficient (Wildman–Crippen LogP) is 3.07. The number of hydrogen-bond donors (Lipinski definition) is 1. The summed E-state index contributed by atoms with van der Waals surface area (Å²) in [7, 11) is 0. The van der Waals surface area contributed by atoms with E-state index in [2.05, 4.69) is 33.0 Å². The van der Waals surface area contributed by atoms with Gasteiger partial charge in [-0.3, -0.25) is 0 Å². The van der Waals surface area contributed by atoms with Crippen molar-refractivity contribution in [3.8, 4) is 0 Å². The van der Waals surface area contributed by atoms with Crippen molar-refractivity contribution in [2.24, 2.45) is 0 Å². The average Bonchev–Trinajstić information content (AvgIpc) is 3.07. The van der Waals surface area contributed by atoms with E-state index in [0.717, 1.165) is 16.3 Å². The standard InChI is InChI=1S/C19H19N5O2/c1-11(2)26-18(25)16-12(3)20-19-21-22-23-24(19)17(16)15-9-8-13-6-4-5-7-14(13)10-15/h4-11,17H,1-3H3,(H,20,21,23). The molecule has 1 aliphatic rings. The summed E-state index contributed by atoms with van der Waals surface area (Å²) in [6.07, 6.45) is -0.213. The Balaban J connectivity index is 1.87. The number of anilines is 1. The van der Waals surface area contributed by atoms with Crippen LogP contribution in [-0.4, -0.2) is 32.3 Å². The maximum Gasteiger partial charge on any atom is 0.338 e. The van der Waals surface area contributed by atoms with Crippen LogP contribution in [0.4, 0.5) is 5.95 Å². The lowest BCUT2D eigenvalue weighted by Gasteiger charge is -2.28. The van der Waals surface area contributed by atoms with Gasteiger partial charge in [-0.25, -0.2) is 4.79 Å². The van der Waals surface area contributed by atoms with Crippen molar-refractivity contribution in [2.45, 2.75) is 32.9 Å². The molecule has 1 aromatic heterocycles. The molecule has 26 heavy (non-hydrogen) atoms. The summed E-state index contributed by atoms with van der Waals surface area (Å²) < 4.78 is 7.09. The van der Waals surface area contributed by atoms with Crippen molar-refractivity contribution in [3.63, 3.8) is 0 Å². The van der Waals surface area contributed by atoms with Crippen LogP contribution in [0.1, 0.15) is 32.4 Å². The molecular weight excluding hydrogens is 330 g/mol. The summed E-state index contributed by atoms with van der Waals surface area (Å²) >= 11 is 0. The first kappa shape index (κ1) is 16.3. The van der Waals surface area contributed by atoms with Gasteiger partial charge in [-0.15, -0.1) is 0 Å². The van der Waals surface area contributed by atoms with Crippen molar-refractivity contribution in [1.29, 1.82) is 0 Å². The molecule has 2 aromatic carbocycles. The van der Waals surface area contributed by atoms with Gasteiger partial charge in [0.05, 0.1) is 11.7 Å². The highest BCUT2D eigenvalue weighted by Gasteiger charge is 2.35. The highest BCUT2D eigenvalue weighted by atomic mass is 16.5. The van der Waals surface area contributed by atoms with E-state index in [1.165, 1.54) is 0 Å². The second kappa shape index (κ2) is 6.25. The highest BCUT2D eigenvalue weighted by Crippen LogP contribution is 2.36. The number of nitrogens with zero attached hydrogens (tertiary/aromatic N) is 4. The van der Waals surface area contributed by atoms with E-state index in [1.807, 2.05) is 51.1 Å². The monoisotopic (exact) mass is 349 g/mol. The van der Waals surface area contributed by atoms with E-state index in [0.29, 0.717) is 17.2 Å². The zero-order valence-electron chi connectivity index (χ0n) is 14.8. The quantitative estimate of drug-likeness (QED) is 0.732. The number of carbonyl (C=O) groups excluding carboxylic acids is 1. The van der Waals surface area contributed by atoms with Gasteiger partial charge >= 0.3 is 5.97 Å². The van der Waals surface area contributed by atoms with Gasteiger partial charge in [-0.05, 0) is 53.6 Å². The number of esters is 1. The Morgan fingerprint density at radius 1 is 1.19 bits per heavy atom. The van der Waals surface area contributed by atoms with E-state index < -0.39 is 6.04 Å². The van der Waals surface area contributed by atoms with Crippen LogP contribution in [0, 0.1) is 0 Å². The van der Waals surface area contributed by atoms with E-state index in [1.54, 1.807) is 4.68 Å². The Labute approximate surface area is 150 Å². The molecule has 7 heteroatoms. The number of fused-ring (bicyclic) bond motifs is 2. The lowest BCUT2D eigenvalue weighted by Crippen LogP contribution is -2.30. The van der Waals surface area contributed by atoms with Gasteiger partial charge in [0.1, 0.15) is 6.04 Å². The first-order chi connectivity index (χ1) is 12.5. The molecule has 0 saturated carbocycles. The van der Waals surface area contributed by atoms with Crippen LogP contribution in [0.15, 0.2) is 53.7 Å². The second-order valence-electron chi connectivity index (χ2n) is 6.57. The molecule has 4 rings (SSSR count). The molecule has 0 fully saturated rings. The first-order valence-corrected chi connectivity index (χ1v) is 8.50. The molecule has 1 N–H and O–H groups in total. The summed E-state index contributed by atoms with van der Waals surface area (Å²) in [5, 5.41) is 17.2. The third-order valence-corrected chi connectivity index (χ3v) is 4.37. The number of nitrogens with one attached hydrogen (secondary N) is 1. The predicted molar refractivity (Wildman–Crippen MR) is 97.5 cm³/mol. The van der Waals surface area contributed by atoms with Crippen LogP contribution < -0.4 is 5.32 Å². The Morgan fingerprint density at radius 2 is 1.96 bits per heavy atom. The fourth-order valence-corrected chi connectivity index (χ4v) is 3.24. The van der Waals surface area contributed by atoms with E-state index in [-0.39, 0.29) is 12.1 Å². The Kier molecular flexibility index (Phi) is 3.91. The largest absolute Gasteiger partial charge is 0.459 e. The summed E-state index contributed by atoms with van der Waals surface area (Å²) in [6, 6.07) is 13.7. The van der Waals surface area contributed by atoms with Crippen LogP contribution in [0.5, 0.6) is 0 Å². The van der Waals surface area contributed by atoms with Crippen molar-refractivity contribution in [2.75, 3.05) is 5.32 Å². The number of tetrazole rings is 1. The smallest absolute Gasteiger partial charge is 0.338 e. The second-order valence-corrected chi connectivity index (χ2v) is 6.57. The summed E-state index contributed by atoms with van der Waals surface area (Å²) in [6.45, 7) is 5.50. The summed E-state index contributed by atoms with van der Waals surface area (Å²) in [4.78, 5) is 12.8. The summed E-state index contributed by atoms with van der Waals surface area (Å²) in [5.41, 5.74) is 2.12. The molecule has 0 spiro atoms. The molecule has 1 aliphatic heterocycles. The molecule has 132 valence electrons. The lowest BCUT2D eigenvalue weighted by atomic mass is 9.94. The lowest BCUT2D eigenvalue weighted by molar-refractivity contribution is -0.143. The molecule has 7 nitrogen and oxygen atoms in total. The number of carbonyl (C=O) groups is 1. The molecule has 1 atom stereocenters. The highest BCUT2D eigenvalue weighted by molar-refractivity contribution is 5.93. The average molecular weight is 349 g/mol. The van der Waals surface area contributed by atoms with Crippen LogP contribution in [0.2, 0.25) is 0 Å². The Morgan fingerprint density at radius 3 is 2.73 bits per heavy atom. The molecule has 3 aromatic rings. The van der Waals surface area contributed by atoms with E-state index >= 15 is 0 Å². The van der Waals surface area contributed by atoms with Crippen LogP contribution in [0.25, 0.3) is 10.8 Å². The third kappa shape index (κ3) is 2.71. The van der Waals surface area contributed by atoms with Gasteiger partial charge in [0.2, 0.25) is 5.95 Å². The van der Waals surface area contributed by atoms with Gasteiger partial charge in [-0.2, -0.15) is 4.68 Å². The number of allylic oxidation sites excluding steroid dienone is 1. The molecular formula is C19H19N5O2. The molecule has 0 saturated heterocycles. The maximum absolute atomic E-state index is 12.8. The van der Waals surface area contributed by atoms with E-state index in [9.17, 15) is 4.79 Å². The van der Waals surface area contributed by atoms with Gasteiger partial charge in [0.25, 0.3) is 0 Å². The van der Waals surface area contributed by atoms with Gasteiger partial charge in [-0.1, -0.05) is 41.5 Å². The number of benzene rings is 2. The number of aromatic nitrogens is 4. The number of rotatable bonds is 3. The normalized spacial score (nSPS) is 16.5. The summed E-state index contributed by atoms with van der Waals surface area (Å²) in [5.74, 6) is 0.131. The van der Waals surface area contributed by atoms with Gasteiger partial charge in [0.15, 0.2) is 0 Å². The third-order valence-electron chi connectivity index (χ3n) is 4.37. The van der Waals surface area contributed by atoms with Gasteiger partial charge in [0, 0.05) is 5.70 Å². The molecule has 0 aliphatic carbocycles. The minimum absolute atomic E-state index is 0.213. The first-order valence-electron chi connectivity index (χ1n) is 8.50. The molecule has 0 amide bonds. The van der Waals surface area contributed by atoms with Crippen molar-refractivity contribution < 1.29 is 9.53 Å². The number of ether oxygens (including phenoxy) is 1. The molecule has 1 unspecified atom stereocenters. The van der Waals surface area contributed by atoms with Crippen LogP contribution >= 0.6 is 0 Å². The Bertz CT molecular complexity index is 1020. The van der Waals surface area contributed by atoms with Crippen molar-refractivity contribution in [3.05, 3.63) is 59.3 Å². The van der Waals surface area contributed by atoms with Gasteiger partial charge < -0.3 is 10.1 Å². The van der Waals surface area contributed by atoms with Crippen LogP contribution in [-0.2, 0) is 9.53 Å². The Hall–Kier alpha value is -3.22. The van der Waals surface area contributed by atoms with Crippen LogP contribution in [0.3, 0.4) is 0 Å². The SMILES string of the molecule is CC1=C(C(=O)OC(C)C)C(c2ccc3ccccc3c2)n2nnnc2N1. The van der Waals surface area contributed by atoms with E-state index in [4.69, 9.17) is 4.74 Å². The zero-order chi connectivity index (χ0) is 18.3. The number of hydrogen-bond acceptors (Lipinski definition) is 6. The van der Waals surface area contributed by atoms with Crippen molar-refractivity contribution >= 4 is 22.7 Å². The molecule has 0 radical (unpaired) electrons. The minimum atomic E-state index is -0.447. The molecule has 0 bridgehead atoms. The zero-order valence-corrected chi connectivity index (χ0v) is 14.8. The fourth-order valence-electron chi connectivity index (χ4n) is 3.24. The van der Waals surface area contributed by atoms with Crippen molar-refractivity contribution in [1.82, 2.24) is 20.2 Å².